The van der Waals surface area contributed by atoms with Crippen LogP contribution in [-0.2, 0) is 5.41 Å². The average Bonchev–Trinajstić information content (AvgIpc) is 2.39. The molecule has 0 aromatic heterocycles. The fraction of sp³-hybridized carbons (Fsp3) is 0.294. The summed E-state index contributed by atoms with van der Waals surface area (Å²) in [6.45, 7) is 6.56. The Morgan fingerprint density at radius 2 is 1.21 bits per heavy atom. The average molecular weight is 256 g/mol. The largest absolute Gasteiger partial charge is 0.508 e. The molecule has 2 N–H and O–H groups in total. The molecule has 0 aliphatic rings. The van der Waals surface area contributed by atoms with Crippen LogP contribution in [0.25, 0.3) is 0 Å². The summed E-state index contributed by atoms with van der Waals surface area (Å²) in [5.41, 5.74) is 2.33. The van der Waals surface area contributed by atoms with Gasteiger partial charge in [-0.3, -0.25) is 0 Å². The Kier molecular flexibility index (Phi) is 3.52. The SMILES string of the molecule is C[C@@H](c1ccc(O)cc1)C(C)(C)c1ccc(O)cc1. The van der Waals surface area contributed by atoms with Gasteiger partial charge in [-0.15, -0.1) is 0 Å². The third kappa shape index (κ3) is 2.73. The summed E-state index contributed by atoms with van der Waals surface area (Å²) in [5, 5.41) is 18.7. The Morgan fingerprint density at radius 1 is 0.789 bits per heavy atom. The van der Waals surface area contributed by atoms with Crippen LogP contribution >= 0.6 is 0 Å². The van der Waals surface area contributed by atoms with Crippen LogP contribution in [0.4, 0.5) is 0 Å². The first-order valence-electron chi connectivity index (χ1n) is 6.49. The summed E-state index contributed by atoms with van der Waals surface area (Å²) >= 11 is 0. The minimum absolute atomic E-state index is 0.0509. The van der Waals surface area contributed by atoms with Crippen molar-refractivity contribution < 1.29 is 10.2 Å². The van der Waals surface area contributed by atoms with Gasteiger partial charge in [0.15, 0.2) is 0 Å². The first kappa shape index (κ1) is 13.5. The number of aromatic hydroxyl groups is 2. The molecule has 2 aromatic rings. The van der Waals surface area contributed by atoms with Crippen molar-refractivity contribution >= 4 is 0 Å². The van der Waals surface area contributed by atoms with Crippen molar-refractivity contribution in [3.8, 4) is 11.5 Å². The van der Waals surface area contributed by atoms with Crippen LogP contribution in [0.3, 0.4) is 0 Å². The zero-order valence-electron chi connectivity index (χ0n) is 11.6. The number of hydrogen-bond donors (Lipinski definition) is 2. The van der Waals surface area contributed by atoms with Crippen molar-refractivity contribution in [1.29, 1.82) is 0 Å². The Hall–Kier alpha value is -1.96. The van der Waals surface area contributed by atoms with Crippen molar-refractivity contribution in [2.24, 2.45) is 0 Å². The summed E-state index contributed by atoms with van der Waals surface area (Å²) in [6, 6.07) is 14.7. The number of phenolic OH excluding ortho intramolecular Hbond substituents is 2. The summed E-state index contributed by atoms with van der Waals surface area (Å²) in [5.74, 6) is 0.882. The fourth-order valence-electron chi connectivity index (χ4n) is 2.32. The van der Waals surface area contributed by atoms with Gasteiger partial charge in [0.25, 0.3) is 0 Å². The van der Waals surface area contributed by atoms with Crippen LogP contribution in [0.1, 0.15) is 37.8 Å². The van der Waals surface area contributed by atoms with Gasteiger partial charge in [0.05, 0.1) is 0 Å². The molecule has 0 saturated heterocycles. The summed E-state index contributed by atoms with van der Waals surface area (Å²) in [7, 11) is 0. The van der Waals surface area contributed by atoms with Gasteiger partial charge in [-0.05, 0) is 46.7 Å². The number of benzene rings is 2. The van der Waals surface area contributed by atoms with E-state index in [4.69, 9.17) is 0 Å². The van der Waals surface area contributed by atoms with E-state index in [9.17, 15) is 10.2 Å². The lowest BCUT2D eigenvalue weighted by Crippen LogP contribution is -2.24. The van der Waals surface area contributed by atoms with Gasteiger partial charge in [-0.2, -0.15) is 0 Å². The predicted molar refractivity (Wildman–Crippen MR) is 77.7 cm³/mol. The van der Waals surface area contributed by atoms with Crippen LogP contribution < -0.4 is 0 Å². The number of phenols is 2. The third-order valence-electron chi connectivity index (χ3n) is 4.09. The second-order valence-corrected chi connectivity index (χ2v) is 5.58. The molecular weight excluding hydrogens is 236 g/mol. The van der Waals surface area contributed by atoms with Gasteiger partial charge in [0, 0.05) is 0 Å². The van der Waals surface area contributed by atoms with Crippen LogP contribution in [0.2, 0.25) is 0 Å². The molecule has 0 saturated carbocycles. The van der Waals surface area contributed by atoms with E-state index in [0.29, 0.717) is 11.7 Å². The maximum Gasteiger partial charge on any atom is 0.115 e. The minimum Gasteiger partial charge on any atom is -0.508 e. The zero-order valence-corrected chi connectivity index (χ0v) is 11.6. The second kappa shape index (κ2) is 4.96. The van der Waals surface area contributed by atoms with Crippen molar-refractivity contribution in [3.63, 3.8) is 0 Å². The first-order chi connectivity index (χ1) is 8.91. The highest BCUT2D eigenvalue weighted by atomic mass is 16.3. The van der Waals surface area contributed by atoms with Crippen LogP contribution in [0.15, 0.2) is 48.5 Å². The Bertz CT molecular complexity index is 538. The smallest absolute Gasteiger partial charge is 0.115 e. The monoisotopic (exact) mass is 256 g/mol. The third-order valence-corrected chi connectivity index (χ3v) is 4.09. The van der Waals surface area contributed by atoms with Crippen LogP contribution in [0, 0.1) is 0 Å². The number of hydrogen-bond acceptors (Lipinski definition) is 2. The molecule has 0 unspecified atom stereocenters. The highest BCUT2D eigenvalue weighted by Gasteiger charge is 2.29. The summed E-state index contributed by atoms with van der Waals surface area (Å²) < 4.78 is 0. The van der Waals surface area contributed by atoms with E-state index in [2.05, 4.69) is 20.8 Å². The van der Waals surface area contributed by atoms with Crippen molar-refractivity contribution in [1.82, 2.24) is 0 Å². The molecule has 2 aromatic carbocycles. The maximum absolute atomic E-state index is 9.38. The molecule has 0 aliphatic heterocycles. The standard InChI is InChI=1S/C17H20O2/c1-12(13-4-8-15(18)9-5-13)17(2,3)14-6-10-16(19)11-7-14/h4-12,18-19H,1-3H3/t12-/m0/s1. The molecule has 2 nitrogen and oxygen atoms in total. The summed E-state index contributed by atoms with van der Waals surface area (Å²) in [6.07, 6.45) is 0. The van der Waals surface area contributed by atoms with E-state index in [1.54, 1.807) is 24.3 Å². The normalized spacial score (nSPS) is 13.2. The first-order valence-corrected chi connectivity index (χ1v) is 6.49. The van der Waals surface area contributed by atoms with Gasteiger partial charge in [0.1, 0.15) is 11.5 Å². The highest BCUT2D eigenvalue weighted by molar-refractivity contribution is 5.36. The Labute approximate surface area is 114 Å². The molecule has 19 heavy (non-hydrogen) atoms. The van der Waals surface area contributed by atoms with E-state index in [0.717, 1.165) is 0 Å². The second-order valence-electron chi connectivity index (χ2n) is 5.58. The van der Waals surface area contributed by atoms with Gasteiger partial charge in [0.2, 0.25) is 0 Å². The Morgan fingerprint density at radius 3 is 1.68 bits per heavy atom. The molecule has 0 amide bonds. The van der Waals surface area contributed by atoms with Gasteiger partial charge in [-0.25, -0.2) is 0 Å². The molecule has 0 bridgehead atoms. The molecule has 0 radical (unpaired) electrons. The van der Waals surface area contributed by atoms with Crippen LogP contribution in [0.5, 0.6) is 11.5 Å². The van der Waals surface area contributed by atoms with E-state index >= 15 is 0 Å². The quantitative estimate of drug-likeness (QED) is 0.865. The molecule has 0 fully saturated rings. The lowest BCUT2D eigenvalue weighted by atomic mass is 9.71. The molecule has 0 spiro atoms. The lowest BCUT2D eigenvalue weighted by molar-refractivity contribution is 0.432. The number of rotatable bonds is 3. The van der Waals surface area contributed by atoms with E-state index < -0.39 is 0 Å². The molecule has 0 aliphatic carbocycles. The van der Waals surface area contributed by atoms with Gasteiger partial charge in [-0.1, -0.05) is 45.0 Å². The molecule has 0 heterocycles. The van der Waals surface area contributed by atoms with E-state index in [1.807, 2.05) is 24.3 Å². The van der Waals surface area contributed by atoms with E-state index in [-0.39, 0.29) is 11.2 Å². The van der Waals surface area contributed by atoms with Crippen molar-refractivity contribution in [2.75, 3.05) is 0 Å². The van der Waals surface area contributed by atoms with Crippen LogP contribution in [-0.4, -0.2) is 10.2 Å². The minimum atomic E-state index is -0.0509. The maximum atomic E-state index is 9.38. The zero-order chi connectivity index (χ0) is 14.0. The highest BCUT2D eigenvalue weighted by Crippen LogP contribution is 2.39. The molecule has 2 rings (SSSR count). The predicted octanol–water partition coefficient (Wildman–Crippen LogP) is 4.18. The summed E-state index contributed by atoms with van der Waals surface area (Å²) in [4.78, 5) is 0. The van der Waals surface area contributed by atoms with Crippen molar-refractivity contribution in [3.05, 3.63) is 59.7 Å². The molecule has 100 valence electrons. The van der Waals surface area contributed by atoms with Crippen molar-refractivity contribution in [2.45, 2.75) is 32.1 Å². The lowest BCUT2D eigenvalue weighted by Gasteiger charge is -2.33. The fourth-order valence-corrected chi connectivity index (χ4v) is 2.32. The molecule has 2 heteroatoms. The molecule has 1 atom stereocenters. The van der Waals surface area contributed by atoms with Gasteiger partial charge < -0.3 is 10.2 Å². The van der Waals surface area contributed by atoms with Gasteiger partial charge >= 0.3 is 0 Å². The Balaban J connectivity index is 2.32. The topological polar surface area (TPSA) is 40.5 Å². The molecular formula is C17H20O2. The van der Waals surface area contributed by atoms with E-state index in [1.165, 1.54) is 11.1 Å².